The summed E-state index contributed by atoms with van der Waals surface area (Å²) in [6.07, 6.45) is 3.93. The Kier molecular flexibility index (Phi) is 6.66. The Labute approximate surface area is 169 Å². The number of benzene rings is 2. The summed E-state index contributed by atoms with van der Waals surface area (Å²) >= 11 is 6.08. The summed E-state index contributed by atoms with van der Waals surface area (Å²) < 4.78 is 15.2. The molecule has 0 aliphatic carbocycles. The lowest BCUT2D eigenvalue weighted by molar-refractivity contribution is -0.130. The summed E-state index contributed by atoms with van der Waals surface area (Å²) in [5, 5.41) is 0.703. The van der Waals surface area contributed by atoms with Gasteiger partial charge in [-0.05, 0) is 47.5 Å². The Bertz CT molecular complexity index is 949. The van der Waals surface area contributed by atoms with Crippen molar-refractivity contribution in [2.24, 2.45) is 0 Å². The number of amides is 1. The summed E-state index contributed by atoms with van der Waals surface area (Å²) in [5.41, 5.74) is 2.90. The van der Waals surface area contributed by atoms with Gasteiger partial charge in [-0.15, -0.1) is 6.58 Å². The van der Waals surface area contributed by atoms with Gasteiger partial charge >= 0.3 is 0 Å². The number of nitrogens with zero attached hydrogens (tertiary/aromatic N) is 2. The highest BCUT2D eigenvalue weighted by molar-refractivity contribution is 6.30. The van der Waals surface area contributed by atoms with Gasteiger partial charge in [-0.2, -0.15) is 0 Å². The molecule has 0 unspecified atom stereocenters. The zero-order chi connectivity index (χ0) is 19.9. The van der Waals surface area contributed by atoms with Crippen molar-refractivity contribution in [2.45, 2.75) is 19.5 Å². The smallest absolute Gasteiger partial charge is 0.227 e. The van der Waals surface area contributed by atoms with Gasteiger partial charge in [0.05, 0.1) is 13.0 Å². The Hall–Kier alpha value is -2.85. The summed E-state index contributed by atoms with van der Waals surface area (Å²) in [4.78, 5) is 14.5. The number of rotatable bonds is 8. The van der Waals surface area contributed by atoms with Crippen LogP contribution in [0.1, 0.15) is 16.8 Å². The van der Waals surface area contributed by atoms with Gasteiger partial charge in [-0.25, -0.2) is 4.39 Å². The number of halogens is 2. The highest BCUT2D eigenvalue weighted by Gasteiger charge is 2.15. The Morgan fingerprint density at radius 3 is 2.61 bits per heavy atom. The van der Waals surface area contributed by atoms with E-state index in [4.69, 9.17) is 11.6 Å². The van der Waals surface area contributed by atoms with Gasteiger partial charge in [-0.3, -0.25) is 4.79 Å². The van der Waals surface area contributed by atoms with Crippen LogP contribution in [0.5, 0.6) is 0 Å². The van der Waals surface area contributed by atoms with Crippen LogP contribution in [0.4, 0.5) is 4.39 Å². The second kappa shape index (κ2) is 9.38. The van der Waals surface area contributed by atoms with Crippen molar-refractivity contribution < 1.29 is 9.18 Å². The van der Waals surface area contributed by atoms with Crippen molar-refractivity contribution in [1.29, 1.82) is 0 Å². The standard InChI is InChI=1S/C23H22ClFN2O/c1-2-12-27(23(28)15-18-8-10-21(25)11-9-18)17-22-7-4-13-26(22)16-19-5-3-6-20(24)14-19/h2-11,13-14H,1,12,15-17H2. The monoisotopic (exact) mass is 396 g/mol. The first-order valence-electron chi connectivity index (χ1n) is 9.06. The number of hydrogen-bond donors (Lipinski definition) is 0. The third kappa shape index (κ3) is 5.33. The van der Waals surface area contributed by atoms with Gasteiger partial charge in [0.15, 0.2) is 0 Å². The molecule has 28 heavy (non-hydrogen) atoms. The molecule has 0 fully saturated rings. The molecular formula is C23H22ClFN2O. The second-order valence-electron chi connectivity index (χ2n) is 6.62. The van der Waals surface area contributed by atoms with Gasteiger partial charge in [0, 0.05) is 30.0 Å². The van der Waals surface area contributed by atoms with E-state index >= 15 is 0 Å². The summed E-state index contributed by atoms with van der Waals surface area (Å²) in [6, 6.07) is 17.7. The average molecular weight is 397 g/mol. The molecule has 3 rings (SSSR count). The molecule has 3 aromatic rings. The van der Waals surface area contributed by atoms with Crippen LogP contribution in [0, 0.1) is 5.82 Å². The largest absolute Gasteiger partial charge is 0.345 e. The van der Waals surface area contributed by atoms with Crippen LogP contribution in [0.25, 0.3) is 0 Å². The lowest BCUT2D eigenvalue weighted by Gasteiger charge is -2.22. The van der Waals surface area contributed by atoms with Gasteiger partial charge in [0.25, 0.3) is 0 Å². The van der Waals surface area contributed by atoms with Crippen molar-refractivity contribution in [3.8, 4) is 0 Å². The topological polar surface area (TPSA) is 25.2 Å². The quantitative estimate of drug-likeness (QED) is 0.487. The minimum Gasteiger partial charge on any atom is -0.345 e. The van der Waals surface area contributed by atoms with Crippen LogP contribution in [-0.2, 0) is 24.3 Å². The van der Waals surface area contributed by atoms with Crippen molar-refractivity contribution in [1.82, 2.24) is 9.47 Å². The van der Waals surface area contributed by atoms with Gasteiger partial charge in [-0.1, -0.05) is 41.9 Å². The predicted molar refractivity (Wildman–Crippen MR) is 111 cm³/mol. The van der Waals surface area contributed by atoms with E-state index in [1.807, 2.05) is 42.6 Å². The molecular weight excluding hydrogens is 375 g/mol. The molecule has 0 atom stereocenters. The molecule has 1 aromatic heterocycles. The Morgan fingerprint density at radius 2 is 1.89 bits per heavy atom. The molecule has 0 N–H and O–H groups in total. The van der Waals surface area contributed by atoms with Gasteiger partial charge < -0.3 is 9.47 Å². The second-order valence-corrected chi connectivity index (χ2v) is 7.06. The van der Waals surface area contributed by atoms with E-state index < -0.39 is 0 Å². The lowest BCUT2D eigenvalue weighted by Crippen LogP contribution is -2.32. The van der Waals surface area contributed by atoms with Crippen molar-refractivity contribution in [3.05, 3.63) is 107 Å². The third-order valence-electron chi connectivity index (χ3n) is 4.49. The molecule has 0 spiro atoms. The predicted octanol–water partition coefficient (Wildman–Crippen LogP) is 5.09. The van der Waals surface area contributed by atoms with Crippen LogP contribution in [0.3, 0.4) is 0 Å². The number of hydrogen-bond acceptors (Lipinski definition) is 1. The van der Waals surface area contributed by atoms with Crippen LogP contribution in [0.15, 0.2) is 79.5 Å². The number of carbonyl (C=O) groups is 1. The minimum absolute atomic E-state index is 0.0259. The van der Waals surface area contributed by atoms with E-state index in [9.17, 15) is 9.18 Å². The molecule has 144 valence electrons. The summed E-state index contributed by atoms with van der Waals surface area (Å²) in [5.74, 6) is -0.333. The fraction of sp³-hybridized carbons (Fsp3) is 0.174. The molecule has 0 saturated carbocycles. The first-order chi connectivity index (χ1) is 13.5. The number of aromatic nitrogens is 1. The van der Waals surface area contributed by atoms with E-state index in [2.05, 4.69) is 11.1 Å². The summed E-state index contributed by atoms with van der Waals surface area (Å²) in [7, 11) is 0. The third-order valence-corrected chi connectivity index (χ3v) is 4.72. The first-order valence-corrected chi connectivity index (χ1v) is 9.44. The number of carbonyl (C=O) groups excluding carboxylic acids is 1. The van der Waals surface area contributed by atoms with E-state index in [1.54, 1.807) is 23.1 Å². The van der Waals surface area contributed by atoms with Crippen LogP contribution < -0.4 is 0 Å². The van der Waals surface area contributed by atoms with Crippen molar-refractivity contribution >= 4 is 17.5 Å². The molecule has 0 radical (unpaired) electrons. The van der Waals surface area contributed by atoms with E-state index in [-0.39, 0.29) is 18.1 Å². The molecule has 1 amide bonds. The van der Waals surface area contributed by atoms with Crippen molar-refractivity contribution in [3.63, 3.8) is 0 Å². The zero-order valence-electron chi connectivity index (χ0n) is 15.5. The fourth-order valence-electron chi connectivity index (χ4n) is 3.07. The molecule has 0 aliphatic rings. The Balaban J connectivity index is 1.72. The SMILES string of the molecule is C=CCN(Cc1cccn1Cc1cccc(Cl)c1)C(=O)Cc1ccc(F)cc1. The van der Waals surface area contributed by atoms with Crippen LogP contribution in [0.2, 0.25) is 5.02 Å². The summed E-state index contributed by atoms with van der Waals surface area (Å²) in [6.45, 7) is 5.36. The maximum absolute atomic E-state index is 13.1. The maximum Gasteiger partial charge on any atom is 0.227 e. The molecule has 2 aromatic carbocycles. The molecule has 5 heteroatoms. The highest BCUT2D eigenvalue weighted by Crippen LogP contribution is 2.15. The highest BCUT2D eigenvalue weighted by atomic mass is 35.5. The zero-order valence-corrected chi connectivity index (χ0v) is 16.3. The van der Waals surface area contributed by atoms with Gasteiger partial charge in [0.1, 0.15) is 5.82 Å². The molecule has 3 nitrogen and oxygen atoms in total. The van der Waals surface area contributed by atoms with Gasteiger partial charge in [0.2, 0.25) is 5.91 Å². The molecule has 0 bridgehead atoms. The normalized spacial score (nSPS) is 10.6. The fourth-order valence-corrected chi connectivity index (χ4v) is 3.29. The molecule has 1 heterocycles. The van der Waals surface area contributed by atoms with Crippen LogP contribution >= 0.6 is 11.6 Å². The molecule has 0 saturated heterocycles. The molecule has 0 aliphatic heterocycles. The first kappa shape index (κ1) is 19.9. The van der Waals surface area contributed by atoms with E-state index in [1.165, 1.54) is 12.1 Å². The van der Waals surface area contributed by atoms with Crippen molar-refractivity contribution in [2.75, 3.05) is 6.54 Å². The lowest BCUT2D eigenvalue weighted by atomic mass is 10.1. The van der Waals surface area contributed by atoms with E-state index in [0.717, 1.165) is 16.8 Å². The van der Waals surface area contributed by atoms with Crippen LogP contribution in [-0.4, -0.2) is 21.9 Å². The average Bonchev–Trinajstić information content (AvgIpc) is 3.10. The van der Waals surface area contributed by atoms with E-state index in [0.29, 0.717) is 24.7 Å². The minimum atomic E-state index is -0.307. The maximum atomic E-state index is 13.1. The Morgan fingerprint density at radius 1 is 1.11 bits per heavy atom.